The monoisotopic (exact) mass is 871 g/mol. The van der Waals surface area contributed by atoms with E-state index in [2.05, 4.69) is 50.3 Å². The Labute approximate surface area is 363 Å². The van der Waals surface area contributed by atoms with Crippen LogP contribution in [0, 0.1) is 0 Å². The smallest absolute Gasteiger partial charge is 0.306 e. The number of ether oxygens (including phenoxy) is 4. The molecule has 1 fully saturated rings. The van der Waals surface area contributed by atoms with E-state index in [1.807, 2.05) is 12.2 Å². The standard InChI is InChI=1S/C47H82O12S/c1-3-5-7-9-11-13-15-17-19-20-22-24-26-28-30-32-34-36-43(49)58-40(38-57-47-46(52)45(51)44(50)41(59-47)39-60(53,54)55)37-56-42(48)35-33-31-29-27-25-23-21-18-16-14-12-10-8-6-4-2/h17-19,21-22,24,28,30,40-41,44-47,50-52H,3-16,20,23,25-27,29,31-39H2,1-2H3,(H,53,54,55)/b19-17+,21-18+,24-22+,30-28+/t40-,41-,44-,45?,46?,47+/m1/s1. The first-order chi connectivity index (χ1) is 29.0. The van der Waals surface area contributed by atoms with Crippen molar-refractivity contribution in [2.24, 2.45) is 0 Å². The van der Waals surface area contributed by atoms with Crippen molar-refractivity contribution in [3.8, 4) is 0 Å². The molecule has 0 aromatic heterocycles. The number of hydrogen-bond acceptors (Lipinski definition) is 11. The number of unbranched alkanes of at least 4 members (excludes halogenated alkanes) is 18. The van der Waals surface area contributed by atoms with Crippen molar-refractivity contribution in [3.05, 3.63) is 48.6 Å². The first-order valence-electron chi connectivity index (χ1n) is 23.2. The van der Waals surface area contributed by atoms with E-state index in [1.165, 1.54) is 77.0 Å². The zero-order chi connectivity index (χ0) is 44.1. The van der Waals surface area contributed by atoms with Crippen LogP contribution in [0.1, 0.15) is 181 Å². The second kappa shape index (κ2) is 37.2. The molecular weight excluding hydrogens is 789 g/mol. The number of allylic oxidation sites excluding steroid dienone is 8. The van der Waals surface area contributed by atoms with E-state index in [-0.39, 0.29) is 19.4 Å². The summed E-state index contributed by atoms with van der Waals surface area (Å²) in [6, 6.07) is 0. The lowest BCUT2D eigenvalue weighted by Gasteiger charge is -2.40. The average Bonchev–Trinajstić information content (AvgIpc) is 3.21. The second-order valence-corrected chi connectivity index (χ2v) is 17.6. The Morgan fingerprint density at radius 3 is 1.55 bits per heavy atom. The number of hydrogen-bond donors (Lipinski definition) is 4. The third-order valence-corrected chi connectivity index (χ3v) is 11.1. The maximum atomic E-state index is 12.8. The number of rotatable bonds is 38. The van der Waals surface area contributed by atoms with Gasteiger partial charge in [-0.2, -0.15) is 8.42 Å². The Bertz CT molecular complexity index is 1300. The summed E-state index contributed by atoms with van der Waals surface area (Å²) in [5.74, 6) is -2.06. The van der Waals surface area contributed by atoms with Crippen molar-refractivity contribution in [2.45, 2.75) is 218 Å². The topological polar surface area (TPSA) is 186 Å². The van der Waals surface area contributed by atoms with Gasteiger partial charge in [0.1, 0.15) is 36.8 Å². The maximum absolute atomic E-state index is 12.8. The van der Waals surface area contributed by atoms with E-state index in [1.54, 1.807) is 0 Å². The van der Waals surface area contributed by atoms with Crippen molar-refractivity contribution >= 4 is 22.1 Å². The summed E-state index contributed by atoms with van der Waals surface area (Å²) >= 11 is 0. The molecule has 0 saturated carbocycles. The van der Waals surface area contributed by atoms with Gasteiger partial charge in [-0.1, -0.05) is 146 Å². The Balaban J connectivity index is 2.49. The van der Waals surface area contributed by atoms with Gasteiger partial charge in [-0.25, -0.2) is 0 Å². The molecule has 13 heteroatoms. The minimum Gasteiger partial charge on any atom is -0.462 e. The second-order valence-electron chi connectivity index (χ2n) is 16.1. The lowest BCUT2D eigenvalue weighted by Crippen LogP contribution is -2.60. The predicted molar refractivity (Wildman–Crippen MR) is 238 cm³/mol. The van der Waals surface area contributed by atoms with Gasteiger partial charge < -0.3 is 34.3 Å². The van der Waals surface area contributed by atoms with Gasteiger partial charge in [-0.05, 0) is 70.6 Å². The van der Waals surface area contributed by atoms with Crippen LogP contribution in [0.3, 0.4) is 0 Å². The van der Waals surface area contributed by atoms with Gasteiger partial charge in [0.25, 0.3) is 10.1 Å². The van der Waals surface area contributed by atoms with E-state index in [4.69, 9.17) is 18.9 Å². The van der Waals surface area contributed by atoms with Crippen LogP contribution < -0.4 is 0 Å². The molecule has 348 valence electrons. The van der Waals surface area contributed by atoms with Gasteiger partial charge in [0, 0.05) is 12.8 Å². The molecule has 0 spiro atoms. The van der Waals surface area contributed by atoms with Crippen LogP contribution in [-0.2, 0) is 38.7 Å². The van der Waals surface area contributed by atoms with E-state index in [0.717, 1.165) is 57.8 Å². The summed E-state index contributed by atoms with van der Waals surface area (Å²) in [7, 11) is -4.61. The van der Waals surface area contributed by atoms with Crippen LogP contribution in [0.2, 0.25) is 0 Å². The van der Waals surface area contributed by atoms with E-state index in [9.17, 15) is 37.9 Å². The zero-order valence-corrected chi connectivity index (χ0v) is 37.9. The van der Waals surface area contributed by atoms with Crippen LogP contribution in [-0.4, -0.2) is 96.0 Å². The molecule has 1 aliphatic rings. The number of carbonyl (C=O) groups excluding carboxylic acids is 2. The minimum absolute atomic E-state index is 0.0901. The Hall–Kier alpha value is -2.39. The Morgan fingerprint density at radius 1 is 0.567 bits per heavy atom. The Kier molecular flexibility index (Phi) is 34.5. The third-order valence-electron chi connectivity index (χ3n) is 10.4. The molecule has 0 aromatic carbocycles. The van der Waals surface area contributed by atoms with Gasteiger partial charge in [-0.3, -0.25) is 14.1 Å². The van der Waals surface area contributed by atoms with Gasteiger partial charge in [0.05, 0.1) is 6.61 Å². The molecule has 0 bridgehead atoms. The first-order valence-corrected chi connectivity index (χ1v) is 24.8. The SMILES string of the molecule is CCCCCCCC/C=C/C/C=C/C/C=C/CCCC(=O)O[C@H](COC(=O)CCCCCCC/C=C/CCCCCCCC)CO[C@H]1O[C@H](CS(=O)(=O)O)[C@@H](O)C(O)C1O. The van der Waals surface area contributed by atoms with Crippen molar-refractivity contribution in [3.63, 3.8) is 0 Å². The quantitative estimate of drug-likeness (QED) is 0.0200. The summed E-state index contributed by atoms with van der Waals surface area (Å²) < 4.78 is 54.0. The van der Waals surface area contributed by atoms with Crippen molar-refractivity contribution in [1.82, 2.24) is 0 Å². The van der Waals surface area contributed by atoms with Crippen molar-refractivity contribution < 1.29 is 56.8 Å². The molecule has 0 aromatic rings. The van der Waals surface area contributed by atoms with E-state index < -0.39 is 71.2 Å². The molecule has 0 aliphatic carbocycles. The fourth-order valence-electron chi connectivity index (χ4n) is 6.75. The molecule has 2 unspecified atom stereocenters. The van der Waals surface area contributed by atoms with Gasteiger partial charge in [0.15, 0.2) is 12.4 Å². The number of esters is 2. The molecule has 12 nitrogen and oxygen atoms in total. The highest BCUT2D eigenvalue weighted by atomic mass is 32.2. The minimum atomic E-state index is -4.61. The van der Waals surface area contributed by atoms with Gasteiger partial charge in [0.2, 0.25) is 0 Å². The lowest BCUT2D eigenvalue weighted by atomic mass is 10.00. The third kappa shape index (κ3) is 31.5. The maximum Gasteiger partial charge on any atom is 0.306 e. The number of aliphatic hydroxyl groups excluding tert-OH is 3. The van der Waals surface area contributed by atoms with Crippen LogP contribution >= 0.6 is 0 Å². The molecule has 60 heavy (non-hydrogen) atoms. The first kappa shape index (κ1) is 55.6. The molecule has 1 heterocycles. The number of aliphatic hydroxyl groups is 3. The summed E-state index contributed by atoms with van der Waals surface area (Å²) in [5.41, 5.74) is 0. The highest BCUT2D eigenvalue weighted by molar-refractivity contribution is 7.85. The summed E-state index contributed by atoms with van der Waals surface area (Å²) in [4.78, 5) is 25.4. The highest BCUT2D eigenvalue weighted by Gasteiger charge is 2.46. The van der Waals surface area contributed by atoms with E-state index >= 15 is 0 Å². The average molecular weight is 871 g/mol. The molecule has 6 atom stereocenters. The summed E-state index contributed by atoms with van der Waals surface area (Å²) in [5, 5.41) is 30.9. The molecule has 0 amide bonds. The van der Waals surface area contributed by atoms with Crippen LogP contribution in [0.15, 0.2) is 48.6 Å². The fraction of sp³-hybridized carbons (Fsp3) is 0.787. The molecule has 4 N–H and O–H groups in total. The van der Waals surface area contributed by atoms with E-state index in [0.29, 0.717) is 19.3 Å². The molecule has 1 saturated heterocycles. The molecule has 1 rings (SSSR count). The molecular formula is C47H82O12S. The molecule has 1 aliphatic heterocycles. The van der Waals surface area contributed by atoms with Gasteiger partial charge in [-0.15, -0.1) is 0 Å². The molecule has 0 radical (unpaired) electrons. The highest BCUT2D eigenvalue weighted by Crippen LogP contribution is 2.24. The van der Waals surface area contributed by atoms with Crippen molar-refractivity contribution in [2.75, 3.05) is 19.0 Å². The normalized spacial score (nSPS) is 20.5. The van der Waals surface area contributed by atoms with Crippen LogP contribution in [0.5, 0.6) is 0 Å². The zero-order valence-electron chi connectivity index (χ0n) is 37.1. The fourth-order valence-corrected chi connectivity index (χ4v) is 7.44. The summed E-state index contributed by atoms with van der Waals surface area (Å²) in [6.45, 7) is 3.70. The largest absolute Gasteiger partial charge is 0.462 e. The predicted octanol–water partition coefficient (Wildman–Crippen LogP) is 9.56. The lowest BCUT2D eigenvalue weighted by molar-refractivity contribution is -0.297. The van der Waals surface area contributed by atoms with Crippen LogP contribution in [0.4, 0.5) is 0 Å². The summed E-state index contributed by atoms with van der Waals surface area (Å²) in [6.07, 6.45) is 34.5. The Morgan fingerprint density at radius 2 is 1.02 bits per heavy atom. The van der Waals surface area contributed by atoms with Gasteiger partial charge >= 0.3 is 11.9 Å². The number of carbonyl (C=O) groups is 2. The van der Waals surface area contributed by atoms with Crippen LogP contribution in [0.25, 0.3) is 0 Å². The van der Waals surface area contributed by atoms with Crippen molar-refractivity contribution in [1.29, 1.82) is 0 Å².